The minimum atomic E-state index is -0.543. The van der Waals surface area contributed by atoms with Gasteiger partial charge >= 0.3 is 0 Å². The average Bonchev–Trinajstić information content (AvgIpc) is 2.38. The van der Waals surface area contributed by atoms with Gasteiger partial charge in [0.05, 0.1) is 16.5 Å². The first kappa shape index (κ1) is 13.5. The molecule has 1 unspecified atom stereocenters. The number of halogens is 1. The summed E-state index contributed by atoms with van der Waals surface area (Å²) >= 11 is 5.82. The van der Waals surface area contributed by atoms with Gasteiger partial charge in [0.15, 0.2) is 0 Å². The van der Waals surface area contributed by atoms with E-state index >= 15 is 0 Å². The van der Waals surface area contributed by atoms with Gasteiger partial charge in [0.25, 0.3) is 5.69 Å². The maximum absolute atomic E-state index is 11.1. The van der Waals surface area contributed by atoms with E-state index in [1.54, 1.807) is 30.3 Å². The number of nitro benzene ring substituents is 1. The topological polar surface area (TPSA) is 69.2 Å². The lowest BCUT2D eigenvalue weighted by atomic mass is 9.97. The van der Waals surface area contributed by atoms with Crippen molar-refractivity contribution in [3.63, 3.8) is 0 Å². The fourth-order valence-electron chi connectivity index (χ4n) is 1.92. The van der Waals surface area contributed by atoms with Crippen LogP contribution >= 0.6 is 11.6 Å². The normalized spacial score (nSPS) is 12.2. The molecule has 5 heteroatoms. The van der Waals surface area contributed by atoms with Crippen LogP contribution in [0.3, 0.4) is 0 Å². The Morgan fingerprint density at radius 3 is 2.42 bits per heavy atom. The van der Waals surface area contributed by atoms with E-state index < -0.39 is 11.0 Å². The van der Waals surface area contributed by atoms with E-state index in [2.05, 4.69) is 0 Å². The first-order chi connectivity index (χ1) is 8.99. The largest absolute Gasteiger partial charge is 0.320 e. The van der Waals surface area contributed by atoms with Gasteiger partial charge in [-0.3, -0.25) is 10.1 Å². The third-order valence-corrected chi connectivity index (χ3v) is 3.20. The van der Waals surface area contributed by atoms with Crippen molar-refractivity contribution < 1.29 is 4.92 Å². The Morgan fingerprint density at radius 2 is 1.84 bits per heavy atom. The van der Waals surface area contributed by atoms with E-state index in [1.165, 1.54) is 6.07 Å². The second-order valence-electron chi connectivity index (χ2n) is 4.35. The van der Waals surface area contributed by atoms with Crippen molar-refractivity contribution in [3.8, 4) is 0 Å². The van der Waals surface area contributed by atoms with E-state index in [4.69, 9.17) is 17.3 Å². The summed E-state index contributed by atoms with van der Waals surface area (Å²) in [5, 5.41) is 11.7. The molecule has 98 valence electrons. The van der Waals surface area contributed by atoms with Crippen LogP contribution in [0.5, 0.6) is 0 Å². The first-order valence-electron chi connectivity index (χ1n) is 5.75. The standard InChI is InChI=1S/C14H13ClN2O2/c1-9-2-7-12(13(8-9)17(18)19)14(16)10-3-5-11(15)6-4-10/h2-8,14H,16H2,1H3. The monoisotopic (exact) mass is 276 g/mol. The van der Waals surface area contributed by atoms with Crippen LogP contribution in [-0.4, -0.2) is 4.92 Å². The molecule has 0 fully saturated rings. The van der Waals surface area contributed by atoms with Gasteiger partial charge in [-0.05, 0) is 36.2 Å². The number of nitro groups is 1. The quantitative estimate of drug-likeness (QED) is 0.688. The zero-order valence-corrected chi connectivity index (χ0v) is 11.1. The third-order valence-electron chi connectivity index (χ3n) is 2.95. The van der Waals surface area contributed by atoms with E-state index in [1.807, 2.05) is 13.0 Å². The van der Waals surface area contributed by atoms with Crippen LogP contribution in [0.25, 0.3) is 0 Å². The summed E-state index contributed by atoms with van der Waals surface area (Å²) in [6.07, 6.45) is 0. The van der Waals surface area contributed by atoms with Crippen molar-refractivity contribution in [2.45, 2.75) is 13.0 Å². The van der Waals surface area contributed by atoms with Crippen molar-refractivity contribution in [2.75, 3.05) is 0 Å². The smallest absolute Gasteiger partial charge is 0.274 e. The fraction of sp³-hybridized carbons (Fsp3) is 0.143. The molecule has 19 heavy (non-hydrogen) atoms. The van der Waals surface area contributed by atoms with E-state index in [0.29, 0.717) is 10.6 Å². The molecule has 0 spiro atoms. The highest BCUT2D eigenvalue weighted by Gasteiger charge is 2.20. The maximum Gasteiger partial charge on any atom is 0.274 e. The average molecular weight is 277 g/mol. The molecular formula is C14H13ClN2O2. The lowest BCUT2D eigenvalue weighted by Crippen LogP contribution is -2.13. The van der Waals surface area contributed by atoms with E-state index in [9.17, 15) is 10.1 Å². The molecule has 0 heterocycles. The summed E-state index contributed by atoms with van der Waals surface area (Å²) in [5.41, 5.74) is 8.27. The molecule has 1 atom stereocenters. The van der Waals surface area contributed by atoms with Gasteiger partial charge in [-0.15, -0.1) is 0 Å². The van der Waals surface area contributed by atoms with Crippen LogP contribution in [0.1, 0.15) is 22.7 Å². The molecular weight excluding hydrogens is 264 g/mol. The number of nitrogens with zero attached hydrogens (tertiary/aromatic N) is 1. The lowest BCUT2D eigenvalue weighted by molar-refractivity contribution is -0.385. The summed E-state index contributed by atoms with van der Waals surface area (Å²) < 4.78 is 0. The van der Waals surface area contributed by atoms with Crippen LogP contribution in [-0.2, 0) is 0 Å². The molecule has 0 saturated heterocycles. The van der Waals surface area contributed by atoms with Crippen LogP contribution < -0.4 is 5.73 Å². The Bertz CT molecular complexity index is 611. The van der Waals surface area contributed by atoms with Gasteiger partial charge in [0.1, 0.15) is 0 Å². The second-order valence-corrected chi connectivity index (χ2v) is 4.79. The molecule has 0 aromatic heterocycles. The van der Waals surface area contributed by atoms with Crippen molar-refractivity contribution in [3.05, 3.63) is 74.3 Å². The molecule has 0 saturated carbocycles. The Morgan fingerprint density at radius 1 is 1.21 bits per heavy atom. The van der Waals surface area contributed by atoms with Crippen molar-refractivity contribution in [1.29, 1.82) is 0 Å². The highest BCUT2D eigenvalue weighted by atomic mass is 35.5. The lowest BCUT2D eigenvalue weighted by Gasteiger charge is -2.13. The summed E-state index contributed by atoms with van der Waals surface area (Å²) in [4.78, 5) is 10.7. The first-order valence-corrected chi connectivity index (χ1v) is 6.13. The molecule has 0 aliphatic rings. The van der Waals surface area contributed by atoms with Gasteiger partial charge in [-0.2, -0.15) is 0 Å². The molecule has 2 rings (SSSR count). The molecule has 0 radical (unpaired) electrons. The van der Waals surface area contributed by atoms with Gasteiger partial charge in [-0.1, -0.05) is 29.8 Å². The Balaban J connectivity index is 2.46. The SMILES string of the molecule is Cc1ccc(C(N)c2ccc(Cl)cc2)c([N+](=O)[O-])c1. The zero-order chi connectivity index (χ0) is 14.0. The van der Waals surface area contributed by atoms with E-state index in [-0.39, 0.29) is 5.69 Å². The maximum atomic E-state index is 11.1. The number of rotatable bonds is 3. The number of aryl methyl sites for hydroxylation is 1. The molecule has 0 amide bonds. The number of benzene rings is 2. The van der Waals surface area contributed by atoms with Crippen LogP contribution in [0.2, 0.25) is 5.02 Å². The van der Waals surface area contributed by atoms with Crippen molar-refractivity contribution in [1.82, 2.24) is 0 Å². The van der Waals surface area contributed by atoms with Crippen LogP contribution in [0.15, 0.2) is 42.5 Å². The molecule has 2 aromatic carbocycles. The Hall–Kier alpha value is -1.91. The summed E-state index contributed by atoms with van der Waals surface area (Å²) in [6.45, 7) is 1.81. The Kier molecular flexibility index (Phi) is 3.83. The number of nitrogens with two attached hydrogens (primary N) is 1. The third kappa shape index (κ3) is 2.92. The molecule has 2 aromatic rings. The minimum Gasteiger partial charge on any atom is -0.320 e. The van der Waals surface area contributed by atoms with Crippen LogP contribution in [0, 0.1) is 17.0 Å². The van der Waals surface area contributed by atoms with Gasteiger partial charge < -0.3 is 5.73 Å². The summed E-state index contributed by atoms with van der Waals surface area (Å²) in [7, 11) is 0. The van der Waals surface area contributed by atoms with E-state index in [0.717, 1.165) is 11.1 Å². The molecule has 0 aliphatic heterocycles. The zero-order valence-electron chi connectivity index (χ0n) is 10.3. The van der Waals surface area contributed by atoms with Crippen molar-refractivity contribution >= 4 is 17.3 Å². The molecule has 4 nitrogen and oxygen atoms in total. The second kappa shape index (κ2) is 5.38. The molecule has 0 aliphatic carbocycles. The van der Waals surface area contributed by atoms with Crippen molar-refractivity contribution in [2.24, 2.45) is 5.73 Å². The highest BCUT2D eigenvalue weighted by molar-refractivity contribution is 6.30. The van der Waals surface area contributed by atoms with Crippen LogP contribution in [0.4, 0.5) is 5.69 Å². The summed E-state index contributed by atoms with van der Waals surface area (Å²) in [6, 6.07) is 11.5. The number of hydrogen-bond acceptors (Lipinski definition) is 3. The molecule has 2 N–H and O–H groups in total. The predicted molar refractivity (Wildman–Crippen MR) is 75.3 cm³/mol. The number of hydrogen-bond donors (Lipinski definition) is 1. The summed E-state index contributed by atoms with van der Waals surface area (Å²) in [5.74, 6) is 0. The van der Waals surface area contributed by atoms with Gasteiger partial charge in [0, 0.05) is 11.1 Å². The fourth-order valence-corrected chi connectivity index (χ4v) is 2.05. The predicted octanol–water partition coefficient (Wildman–Crippen LogP) is 3.60. The van der Waals surface area contributed by atoms with Gasteiger partial charge in [-0.25, -0.2) is 0 Å². The molecule has 0 bridgehead atoms. The van der Waals surface area contributed by atoms with Gasteiger partial charge in [0.2, 0.25) is 0 Å². The minimum absolute atomic E-state index is 0.0439. The Labute approximate surface area is 116 Å². The highest BCUT2D eigenvalue weighted by Crippen LogP contribution is 2.29.